The van der Waals surface area contributed by atoms with Crippen molar-refractivity contribution in [3.8, 4) is 0 Å². The minimum atomic E-state index is -0.503. The fourth-order valence-electron chi connectivity index (χ4n) is 3.35. The quantitative estimate of drug-likeness (QED) is 0.799. The summed E-state index contributed by atoms with van der Waals surface area (Å²) in [7, 11) is 0. The Bertz CT molecular complexity index is 643. The van der Waals surface area contributed by atoms with Crippen molar-refractivity contribution >= 4 is 23.1 Å². The molecular weight excluding hydrogens is 326 g/mol. The number of aromatic nitrogens is 3. The van der Waals surface area contributed by atoms with Gasteiger partial charge in [0.05, 0.1) is 5.60 Å². The second-order valence-corrected chi connectivity index (χ2v) is 8.80. The number of rotatable bonds is 6. The molecule has 23 heavy (non-hydrogen) atoms. The van der Waals surface area contributed by atoms with E-state index in [1.165, 1.54) is 24.1 Å². The van der Waals surface area contributed by atoms with E-state index in [-0.39, 0.29) is 0 Å². The molecule has 0 aliphatic heterocycles. The summed E-state index contributed by atoms with van der Waals surface area (Å²) in [5.74, 6) is 1.82. The van der Waals surface area contributed by atoms with E-state index in [0.717, 1.165) is 48.8 Å². The van der Waals surface area contributed by atoms with E-state index < -0.39 is 5.60 Å². The van der Waals surface area contributed by atoms with Gasteiger partial charge in [-0.25, -0.2) is 0 Å². The van der Waals surface area contributed by atoms with Crippen LogP contribution in [0.4, 0.5) is 0 Å². The molecule has 4 rings (SSSR count). The summed E-state index contributed by atoms with van der Waals surface area (Å²) >= 11 is 3.47. The molecule has 0 saturated heterocycles. The molecule has 2 aliphatic rings. The first-order chi connectivity index (χ1) is 11.2. The standard InChI is InChI=1S/C17H23N3OS2/c21-17(8-2-1-3-9-17)12-23-16-19-18-15(20(16)13-6-7-13)11-14-5-4-10-22-14/h4-5,10,13,21H,1-3,6-9,11-12H2. The first kappa shape index (κ1) is 15.7. The van der Waals surface area contributed by atoms with E-state index in [4.69, 9.17) is 0 Å². The molecule has 4 nitrogen and oxygen atoms in total. The first-order valence-electron chi connectivity index (χ1n) is 8.55. The van der Waals surface area contributed by atoms with Crippen LogP contribution in [0.1, 0.15) is 61.7 Å². The highest BCUT2D eigenvalue weighted by Crippen LogP contribution is 2.40. The van der Waals surface area contributed by atoms with E-state index >= 15 is 0 Å². The molecule has 2 saturated carbocycles. The fraction of sp³-hybridized carbons (Fsp3) is 0.647. The third kappa shape index (κ3) is 3.64. The van der Waals surface area contributed by atoms with Crippen LogP contribution in [0.5, 0.6) is 0 Å². The Hall–Kier alpha value is -0.850. The van der Waals surface area contributed by atoms with E-state index in [0.29, 0.717) is 6.04 Å². The summed E-state index contributed by atoms with van der Waals surface area (Å²) in [4.78, 5) is 1.33. The molecule has 0 unspecified atom stereocenters. The Labute approximate surface area is 145 Å². The van der Waals surface area contributed by atoms with Crippen LogP contribution < -0.4 is 0 Å². The zero-order valence-corrected chi connectivity index (χ0v) is 14.9. The lowest BCUT2D eigenvalue weighted by molar-refractivity contribution is 0.0272. The van der Waals surface area contributed by atoms with Crippen LogP contribution in [0.3, 0.4) is 0 Å². The minimum absolute atomic E-state index is 0.503. The summed E-state index contributed by atoms with van der Waals surface area (Å²) in [6, 6.07) is 4.82. The number of thioether (sulfide) groups is 1. The van der Waals surface area contributed by atoms with Gasteiger partial charge in [-0.1, -0.05) is 37.1 Å². The Morgan fingerprint density at radius 1 is 1.26 bits per heavy atom. The second kappa shape index (κ2) is 6.57. The third-order valence-corrected chi connectivity index (χ3v) is 6.91. The SMILES string of the molecule is OC1(CSc2nnc(Cc3cccs3)n2C2CC2)CCCCC1. The number of nitrogens with zero attached hydrogens (tertiary/aromatic N) is 3. The lowest BCUT2D eigenvalue weighted by Crippen LogP contribution is -2.34. The molecule has 1 N–H and O–H groups in total. The monoisotopic (exact) mass is 349 g/mol. The number of aliphatic hydroxyl groups is 1. The van der Waals surface area contributed by atoms with Crippen LogP contribution in [-0.2, 0) is 6.42 Å². The van der Waals surface area contributed by atoms with Gasteiger partial charge in [0, 0.05) is 23.1 Å². The van der Waals surface area contributed by atoms with Crippen molar-refractivity contribution < 1.29 is 5.11 Å². The number of hydrogen-bond acceptors (Lipinski definition) is 5. The molecule has 0 radical (unpaired) electrons. The second-order valence-electron chi connectivity index (χ2n) is 6.83. The van der Waals surface area contributed by atoms with Gasteiger partial charge in [-0.2, -0.15) is 0 Å². The van der Waals surface area contributed by atoms with Crippen molar-refractivity contribution in [3.63, 3.8) is 0 Å². The van der Waals surface area contributed by atoms with Crippen molar-refractivity contribution in [1.29, 1.82) is 0 Å². The highest BCUT2D eigenvalue weighted by Gasteiger charge is 2.33. The highest BCUT2D eigenvalue weighted by molar-refractivity contribution is 7.99. The van der Waals surface area contributed by atoms with Gasteiger partial charge in [-0.3, -0.25) is 0 Å². The van der Waals surface area contributed by atoms with Gasteiger partial charge in [0.25, 0.3) is 0 Å². The zero-order chi connectivity index (χ0) is 15.7. The van der Waals surface area contributed by atoms with E-state index in [1.54, 1.807) is 23.1 Å². The van der Waals surface area contributed by atoms with Crippen LogP contribution in [0, 0.1) is 0 Å². The lowest BCUT2D eigenvalue weighted by Gasteiger charge is -2.31. The average molecular weight is 350 g/mol. The van der Waals surface area contributed by atoms with Crippen LogP contribution in [0.15, 0.2) is 22.7 Å². The molecule has 2 aromatic heterocycles. The summed E-state index contributed by atoms with van der Waals surface area (Å²) in [5, 5.41) is 22.7. The predicted octanol–water partition coefficient (Wildman–Crippen LogP) is 4.05. The van der Waals surface area contributed by atoms with Crippen LogP contribution in [0.2, 0.25) is 0 Å². The molecule has 2 aromatic rings. The Morgan fingerprint density at radius 2 is 2.09 bits per heavy atom. The molecule has 2 heterocycles. The first-order valence-corrected chi connectivity index (χ1v) is 10.4. The Kier molecular flexibility index (Phi) is 4.48. The smallest absolute Gasteiger partial charge is 0.191 e. The fourth-order valence-corrected chi connectivity index (χ4v) is 5.23. The maximum absolute atomic E-state index is 10.7. The summed E-state index contributed by atoms with van der Waals surface area (Å²) < 4.78 is 2.33. The molecular formula is C17H23N3OS2. The maximum atomic E-state index is 10.7. The van der Waals surface area contributed by atoms with Gasteiger partial charge in [0.2, 0.25) is 0 Å². The van der Waals surface area contributed by atoms with Crippen molar-refractivity contribution in [1.82, 2.24) is 14.8 Å². The van der Waals surface area contributed by atoms with Crippen molar-refractivity contribution in [3.05, 3.63) is 28.2 Å². The Balaban J connectivity index is 1.48. The van der Waals surface area contributed by atoms with Gasteiger partial charge in [0.1, 0.15) is 5.82 Å². The Morgan fingerprint density at radius 3 is 2.78 bits per heavy atom. The van der Waals surface area contributed by atoms with Crippen LogP contribution in [0.25, 0.3) is 0 Å². The molecule has 2 fully saturated rings. The van der Waals surface area contributed by atoms with E-state index in [1.807, 2.05) is 0 Å². The van der Waals surface area contributed by atoms with Gasteiger partial charge in [0.15, 0.2) is 5.16 Å². The van der Waals surface area contributed by atoms with Gasteiger partial charge < -0.3 is 9.67 Å². The van der Waals surface area contributed by atoms with Crippen molar-refractivity contribution in [2.45, 2.75) is 68.2 Å². The summed E-state index contributed by atoms with van der Waals surface area (Å²) in [5.41, 5.74) is -0.503. The van der Waals surface area contributed by atoms with Gasteiger partial charge in [-0.15, -0.1) is 21.5 Å². The minimum Gasteiger partial charge on any atom is -0.389 e. The lowest BCUT2D eigenvalue weighted by atomic mass is 9.86. The van der Waals surface area contributed by atoms with Crippen molar-refractivity contribution in [2.75, 3.05) is 5.75 Å². The number of hydrogen-bond donors (Lipinski definition) is 1. The zero-order valence-electron chi connectivity index (χ0n) is 13.3. The van der Waals surface area contributed by atoms with Gasteiger partial charge in [-0.05, 0) is 37.1 Å². The third-order valence-electron chi connectivity index (χ3n) is 4.81. The highest BCUT2D eigenvalue weighted by atomic mass is 32.2. The molecule has 0 bridgehead atoms. The molecule has 0 aromatic carbocycles. The summed E-state index contributed by atoms with van der Waals surface area (Å²) in [6.07, 6.45) is 8.74. The molecule has 2 aliphatic carbocycles. The topological polar surface area (TPSA) is 50.9 Å². The van der Waals surface area contributed by atoms with Crippen LogP contribution in [-0.4, -0.2) is 31.2 Å². The van der Waals surface area contributed by atoms with E-state index in [9.17, 15) is 5.11 Å². The number of thiophene rings is 1. The molecule has 124 valence electrons. The average Bonchev–Trinajstić information content (AvgIpc) is 3.10. The summed E-state index contributed by atoms with van der Waals surface area (Å²) in [6.45, 7) is 0. The molecule has 6 heteroatoms. The van der Waals surface area contributed by atoms with Crippen LogP contribution >= 0.6 is 23.1 Å². The molecule has 0 atom stereocenters. The van der Waals surface area contributed by atoms with Gasteiger partial charge >= 0.3 is 0 Å². The van der Waals surface area contributed by atoms with Crippen molar-refractivity contribution in [2.24, 2.45) is 0 Å². The maximum Gasteiger partial charge on any atom is 0.191 e. The van der Waals surface area contributed by atoms with E-state index in [2.05, 4.69) is 32.3 Å². The normalized spacial score (nSPS) is 20.7. The molecule has 0 amide bonds. The molecule has 0 spiro atoms. The largest absolute Gasteiger partial charge is 0.389 e. The predicted molar refractivity (Wildman–Crippen MR) is 94.2 cm³/mol.